The van der Waals surface area contributed by atoms with Gasteiger partial charge in [-0.05, 0) is 59.0 Å². The lowest BCUT2D eigenvalue weighted by Gasteiger charge is -2.32. The highest BCUT2D eigenvalue weighted by atomic mass is 127. The summed E-state index contributed by atoms with van der Waals surface area (Å²) in [6.07, 6.45) is -1.89. The van der Waals surface area contributed by atoms with E-state index < -0.39 is 12.7 Å². The van der Waals surface area contributed by atoms with E-state index in [1.807, 2.05) is 20.8 Å². The molecule has 8 nitrogen and oxygen atoms in total. The van der Waals surface area contributed by atoms with Crippen LogP contribution in [0.15, 0.2) is 9.52 Å². The summed E-state index contributed by atoms with van der Waals surface area (Å²) in [5, 5.41) is 10.3. The fourth-order valence-corrected chi connectivity index (χ4v) is 3.39. The van der Waals surface area contributed by atoms with Crippen molar-refractivity contribution in [3.63, 3.8) is 0 Å². The highest BCUT2D eigenvalue weighted by molar-refractivity contribution is 14.0. The third kappa shape index (κ3) is 10.8. The number of hydrogen-bond acceptors (Lipinski definition) is 6. The molecule has 0 saturated carbocycles. The molecule has 31 heavy (non-hydrogen) atoms. The zero-order valence-corrected chi connectivity index (χ0v) is 20.7. The maximum Gasteiger partial charge on any atom is 0.401 e. The summed E-state index contributed by atoms with van der Waals surface area (Å²) < 4.78 is 48.1. The van der Waals surface area contributed by atoms with Crippen molar-refractivity contribution in [2.75, 3.05) is 39.3 Å². The molecule has 1 aliphatic rings. The molecule has 12 heteroatoms. The van der Waals surface area contributed by atoms with Crippen molar-refractivity contribution in [3.8, 4) is 0 Å². The van der Waals surface area contributed by atoms with E-state index in [9.17, 15) is 13.2 Å². The Labute approximate surface area is 198 Å². The Kier molecular flexibility index (Phi) is 12.7. The van der Waals surface area contributed by atoms with Gasteiger partial charge in [-0.15, -0.1) is 24.0 Å². The smallest absolute Gasteiger partial charge is 0.371 e. The van der Waals surface area contributed by atoms with E-state index in [1.165, 1.54) is 4.90 Å². The van der Waals surface area contributed by atoms with E-state index in [4.69, 9.17) is 9.26 Å². The third-order valence-electron chi connectivity index (χ3n) is 4.94. The molecule has 1 aromatic rings. The topological polar surface area (TPSA) is 87.8 Å². The number of likely N-dealkylation sites (tertiary alicyclic amines) is 1. The molecule has 1 aliphatic heterocycles. The first kappa shape index (κ1) is 27.9. The van der Waals surface area contributed by atoms with Gasteiger partial charge in [-0.1, -0.05) is 5.16 Å². The molecule has 0 aliphatic carbocycles. The van der Waals surface area contributed by atoms with E-state index >= 15 is 0 Å². The lowest BCUT2D eigenvalue weighted by Crippen LogP contribution is -2.41. The fourth-order valence-electron chi connectivity index (χ4n) is 3.39. The maximum atomic E-state index is 12.5. The molecular weight excluding hydrogens is 528 g/mol. The van der Waals surface area contributed by atoms with Gasteiger partial charge in [0.2, 0.25) is 5.89 Å². The van der Waals surface area contributed by atoms with E-state index in [2.05, 4.69) is 25.8 Å². The minimum atomic E-state index is -4.12. The lowest BCUT2D eigenvalue weighted by molar-refractivity contribution is -0.148. The van der Waals surface area contributed by atoms with Gasteiger partial charge in [0.1, 0.15) is 12.6 Å². The van der Waals surface area contributed by atoms with Crippen molar-refractivity contribution in [1.29, 1.82) is 0 Å². The third-order valence-corrected chi connectivity index (χ3v) is 4.94. The van der Waals surface area contributed by atoms with Crippen LogP contribution in [0.5, 0.6) is 0 Å². The molecule has 0 amide bonds. The standard InChI is InChI=1S/C19H33F3N6O2.HI/c1-4-23-18(25-12-16-26-17(27-30-16)14(3)29-5-2)24-9-6-15-7-10-28(11-8-15)13-19(20,21)22;/h14-15H,4-13H2,1-3H3,(H2,23,24,25);1H. The first-order valence-electron chi connectivity index (χ1n) is 10.6. The minimum Gasteiger partial charge on any atom is -0.371 e. The molecule has 1 saturated heterocycles. The number of aliphatic imine (C=N–C) groups is 1. The number of nitrogens with one attached hydrogen (secondary N) is 2. The summed E-state index contributed by atoms with van der Waals surface area (Å²) in [5.41, 5.74) is 0. The zero-order chi connectivity index (χ0) is 22.0. The average Bonchev–Trinajstić information content (AvgIpc) is 3.16. The average molecular weight is 562 g/mol. The molecule has 0 spiro atoms. The highest BCUT2D eigenvalue weighted by Gasteiger charge is 2.32. The van der Waals surface area contributed by atoms with Crippen molar-refractivity contribution in [2.45, 2.75) is 58.9 Å². The predicted molar refractivity (Wildman–Crippen MR) is 122 cm³/mol. The lowest BCUT2D eigenvalue weighted by atomic mass is 9.93. The first-order valence-corrected chi connectivity index (χ1v) is 10.6. The molecule has 2 rings (SSSR count). The first-order chi connectivity index (χ1) is 14.3. The van der Waals surface area contributed by atoms with Crippen LogP contribution in [0, 0.1) is 5.92 Å². The minimum absolute atomic E-state index is 0. The molecule has 2 heterocycles. The monoisotopic (exact) mass is 562 g/mol. The number of alkyl halides is 3. The number of guanidine groups is 1. The fraction of sp³-hybridized carbons (Fsp3) is 0.842. The number of ether oxygens (including phenoxy) is 1. The van der Waals surface area contributed by atoms with Crippen LogP contribution in [0.3, 0.4) is 0 Å². The Morgan fingerprint density at radius 2 is 2.00 bits per heavy atom. The van der Waals surface area contributed by atoms with Crippen LogP contribution < -0.4 is 10.6 Å². The number of rotatable bonds is 10. The number of piperidine rings is 1. The maximum absolute atomic E-state index is 12.5. The molecule has 1 atom stereocenters. The van der Waals surface area contributed by atoms with Crippen molar-refractivity contribution < 1.29 is 22.4 Å². The summed E-state index contributed by atoms with van der Waals surface area (Å²) in [4.78, 5) is 10.2. The molecule has 2 N–H and O–H groups in total. The zero-order valence-electron chi connectivity index (χ0n) is 18.4. The predicted octanol–water partition coefficient (Wildman–Crippen LogP) is 3.50. The molecule has 1 fully saturated rings. The number of hydrogen-bond donors (Lipinski definition) is 2. The van der Waals surface area contributed by atoms with Crippen LogP contribution in [-0.4, -0.2) is 66.5 Å². The Morgan fingerprint density at radius 1 is 1.29 bits per heavy atom. The van der Waals surface area contributed by atoms with Crippen LogP contribution in [0.4, 0.5) is 13.2 Å². The molecule has 180 valence electrons. The molecule has 0 radical (unpaired) electrons. The van der Waals surface area contributed by atoms with E-state index in [1.54, 1.807) is 0 Å². The molecular formula is C19H34F3IN6O2. The van der Waals surface area contributed by atoms with E-state index in [0.29, 0.717) is 56.4 Å². The van der Waals surface area contributed by atoms with Crippen molar-refractivity contribution in [1.82, 2.24) is 25.7 Å². The van der Waals surface area contributed by atoms with Gasteiger partial charge in [-0.3, -0.25) is 4.90 Å². The second kappa shape index (κ2) is 14.1. The molecule has 1 unspecified atom stereocenters. The van der Waals surface area contributed by atoms with E-state index in [-0.39, 0.29) is 36.6 Å². The van der Waals surface area contributed by atoms with Gasteiger partial charge < -0.3 is 19.9 Å². The van der Waals surface area contributed by atoms with Gasteiger partial charge in [0.15, 0.2) is 11.8 Å². The van der Waals surface area contributed by atoms with Crippen molar-refractivity contribution in [2.24, 2.45) is 10.9 Å². The summed E-state index contributed by atoms with van der Waals surface area (Å²) >= 11 is 0. The SMILES string of the molecule is CCNC(=NCc1nc(C(C)OCC)no1)NCCC1CCN(CC(F)(F)F)CC1.I. The Hall–Kier alpha value is -1.15. The normalized spacial score (nSPS) is 17.3. The van der Waals surface area contributed by atoms with Gasteiger partial charge in [0.25, 0.3) is 0 Å². The van der Waals surface area contributed by atoms with Gasteiger partial charge in [0.05, 0.1) is 6.54 Å². The highest BCUT2D eigenvalue weighted by Crippen LogP contribution is 2.24. The molecule has 0 aromatic carbocycles. The Bertz CT molecular complexity index is 651. The Balaban J connectivity index is 0.00000480. The Morgan fingerprint density at radius 3 is 2.61 bits per heavy atom. The second-order valence-electron chi connectivity index (χ2n) is 7.39. The summed E-state index contributed by atoms with van der Waals surface area (Å²) in [7, 11) is 0. The van der Waals surface area contributed by atoms with Crippen LogP contribution >= 0.6 is 24.0 Å². The van der Waals surface area contributed by atoms with Gasteiger partial charge in [-0.2, -0.15) is 18.2 Å². The molecule has 0 bridgehead atoms. The van der Waals surface area contributed by atoms with Crippen molar-refractivity contribution >= 4 is 29.9 Å². The molecule has 1 aromatic heterocycles. The van der Waals surface area contributed by atoms with Crippen LogP contribution in [0.25, 0.3) is 0 Å². The van der Waals surface area contributed by atoms with Crippen LogP contribution in [0.2, 0.25) is 0 Å². The van der Waals surface area contributed by atoms with Crippen molar-refractivity contribution in [3.05, 3.63) is 11.7 Å². The van der Waals surface area contributed by atoms with Gasteiger partial charge in [-0.25, -0.2) is 4.99 Å². The largest absolute Gasteiger partial charge is 0.401 e. The number of aromatic nitrogens is 2. The van der Waals surface area contributed by atoms with Gasteiger partial charge in [0, 0.05) is 19.7 Å². The number of nitrogens with zero attached hydrogens (tertiary/aromatic N) is 4. The van der Waals surface area contributed by atoms with E-state index in [0.717, 1.165) is 19.3 Å². The number of halogens is 4. The summed E-state index contributed by atoms with van der Waals surface area (Å²) in [6.45, 7) is 8.15. The van der Waals surface area contributed by atoms with Crippen LogP contribution in [-0.2, 0) is 11.3 Å². The van der Waals surface area contributed by atoms with Gasteiger partial charge >= 0.3 is 6.18 Å². The quantitative estimate of drug-likeness (QED) is 0.257. The second-order valence-corrected chi connectivity index (χ2v) is 7.39. The van der Waals surface area contributed by atoms with Crippen LogP contribution in [0.1, 0.15) is 57.9 Å². The summed E-state index contributed by atoms with van der Waals surface area (Å²) in [5.74, 6) is 1.97. The summed E-state index contributed by atoms with van der Waals surface area (Å²) in [6, 6.07) is 0.